The number of ether oxygens (including phenoxy) is 1. The van der Waals surface area contributed by atoms with Gasteiger partial charge in [0.05, 0.1) is 13.2 Å². The SMILES string of the molecule is COC(=O)N(C1c2ccccc2-c2ccccc21)[C@@H](Cc1ccc(C)cc1)C(=O)O. The smallest absolute Gasteiger partial charge is 0.411 e. The molecule has 0 aromatic heterocycles. The second kappa shape index (κ2) is 8.03. The predicted molar refractivity (Wildman–Crippen MR) is 114 cm³/mol. The molecule has 1 N–H and O–H groups in total. The lowest BCUT2D eigenvalue weighted by Crippen LogP contribution is -2.48. The number of amides is 1. The molecule has 0 saturated carbocycles. The fraction of sp³-hybridized carbons (Fsp3) is 0.200. The number of aryl methyl sites for hydroxylation is 1. The van der Waals surface area contributed by atoms with Gasteiger partial charge in [0.15, 0.2) is 0 Å². The molecule has 3 aromatic rings. The highest BCUT2D eigenvalue weighted by molar-refractivity contribution is 5.85. The number of rotatable bonds is 5. The Morgan fingerprint density at radius 3 is 1.97 bits per heavy atom. The number of hydrogen-bond acceptors (Lipinski definition) is 3. The zero-order chi connectivity index (χ0) is 21.3. The van der Waals surface area contributed by atoms with E-state index >= 15 is 0 Å². The van der Waals surface area contributed by atoms with Gasteiger partial charge in [0, 0.05) is 6.42 Å². The zero-order valence-corrected chi connectivity index (χ0v) is 16.9. The van der Waals surface area contributed by atoms with Crippen molar-refractivity contribution in [2.24, 2.45) is 0 Å². The quantitative estimate of drug-likeness (QED) is 0.665. The molecule has 0 unspecified atom stereocenters. The number of aliphatic carboxylic acids is 1. The number of methoxy groups -OCH3 is 1. The summed E-state index contributed by atoms with van der Waals surface area (Å²) >= 11 is 0. The highest BCUT2D eigenvalue weighted by Crippen LogP contribution is 2.47. The molecule has 1 aliphatic carbocycles. The minimum absolute atomic E-state index is 0.186. The van der Waals surface area contributed by atoms with Crippen molar-refractivity contribution in [3.05, 3.63) is 95.1 Å². The Kier molecular flexibility index (Phi) is 5.27. The zero-order valence-electron chi connectivity index (χ0n) is 16.9. The molecule has 0 heterocycles. The molecule has 0 aliphatic heterocycles. The van der Waals surface area contributed by atoms with E-state index in [4.69, 9.17) is 4.74 Å². The summed E-state index contributed by atoms with van der Waals surface area (Å²) < 4.78 is 5.07. The van der Waals surface area contributed by atoms with Gasteiger partial charge in [-0.05, 0) is 34.7 Å². The summed E-state index contributed by atoms with van der Waals surface area (Å²) in [5.41, 5.74) is 5.76. The van der Waals surface area contributed by atoms with Gasteiger partial charge >= 0.3 is 12.1 Å². The molecule has 3 aromatic carbocycles. The van der Waals surface area contributed by atoms with Gasteiger partial charge in [0.1, 0.15) is 6.04 Å². The lowest BCUT2D eigenvalue weighted by Gasteiger charge is -2.34. The highest BCUT2D eigenvalue weighted by Gasteiger charge is 2.42. The van der Waals surface area contributed by atoms with Crippen molar-refractivity contribution in [1.29, 1.82) is 0 Å². The topological polar surface area (TPSA) is 66.8 Å². The molecule has 1 atom stereocenters. The average Bonchev–Trinajstić information content (AvgIpc) is 3.09. The van der Waals surface area contributed by atoms with Crippen LogP contribution in [0.3, 0.4) is 0 Å². The summed E-state index contributed by atoms with van der Waals surface area (Å²) in [6.07, 6.45) is -0.475. The van der Waals surface area contributed by atoms with Crippen LogP contribution in [-0.4, -0.2) is 35.2 Å². The summed E-state index contributed by atoms with van der Waals surface area (Å²) in [6.45, 7) is 1.98. The van der Waals surface area contributed by atoms with Crippen molar-refractivity contribution < 1.29 is 19.4 Å². The average molecular weight is 401 g/mol. The van der Waals surface area contributed by atoms with Crippen LogP contribution in [0.2, 0.25) is 0 Å². The maximum Gasteiger partial charge on any atom is 0.411 e. The van der Waals surface area contributed by atoms with Gasteiger partial charge in [-0.3, -0.25) is 4.90 Å². The minimum Gasteiger partial charge on any atom is -0.480 e. The Bertz CT molecular complexity index is 1040. The first-order valence-electron chi connectivity index (χ1n) is 9.84. The lowest BCUT2D eigenvalue weighted by atomic mass is 9.98. The van der Waals surface area contributed by atoms with Crippen LogP contribution in [0, 0.1) is 6.92 Å². The number of nitrogens with zero attached hydrogens (tertiary/aromatic N) is 1. The van der Waals surface area contributed by atoms with Crippen LogP contribution in [-0.2, 0) is 16.0 Å². The van der Waals surface area contributed by atoms with Crippen molar-refractivity contribution in [2.45, 2.75) is 25.4 Å². The van der Waals surface area contributed by atoms with Gasteiger partial charge in [-0.15, -0.1) is 0 Å². The van der Waals surface area contributed by atoms with Crippen LogP contribution < -0.4 is 0 Å². The van der Waals surface area contributed by atoms with Gasteiger partial charge < -0.3 is 9.84 Å². The molecule has 0 bridgehead atoms. The highest BCUT2D eigenvalue weighted by atomic mass is 16.5. The second-order valence-corrected chi connectivity index (χ2v) is 7.50. The van der Waals surface area contributed by atoms with E-state index in [9.17, 15) is 14.7 Å². The molecule has 5 nitrogen and oxygen atoms in total. The Labute approximate surface area is 175 Å². The Balaban J connectivity index is 1.83. The van der Waals surface area contributed by atoms with Gasteiger partial charge in [0.25, 0.3) is 0 Å². The van der Waals surface area contributed by atoms with Crippen LogP contribution >= 0.6 is 0 Å². The first-order chi connectivity index (χ1) is 14.5. The van der Waals surface area contributed by atoms with Crippen LogP contribution in [0.4, 0.5) is 4.79 Å². The van der Waals surface area contributed by atoms with Crippen LogP contribution in [0.5, 0.6) is 0 Å². The standard InChI is InChI=1S/C25H23NO4/c1-16-11-13-17(14-12-16)15-22(24(27)28)26(25(29)30-2)23-20-9-5-3-7-18(20)19-8-4-6-10-21(19)23/h3-14,22-23H,15H2,1-2H3,(H,27,28)/t22-/m0/s1. The predicted octanol–water partition coefficient (Wildman–Crippen LogP) is 4.83. The van der Waals surface area contributed by atoms with Gasteiger partial charge in [-0.2, -0.15) is 0 Å². The normalized spacial score (nSPS) is 13.3. The van der Waals surface area contributed by atoms with Crippen molar-refractivity contribution >= 4 is 12.1 Å². The van der Waals surface area contributed by atoms with E-state index in [1.54, 1.807) is 0 Å². The van der Waals surface area contributed by atoms with Crippen LogP contribution in [0.15, 0.2) is 72.8 Å². The fourth-order valence-corrected chi connectivity index (χ4v) is 4.20. The summed E-state index contributed by atoms with van der Waals surface area (Å²) in [5.74, 6) is -1.07. The third-order valence-corrected chi connectivity index (χ3v) is 5.64. The molecule has 152 valence electrons. The maximum absolute atomic E-state index is 12.9. The van der Waals surface area contributed by atoms with Crippen LogP contribution in [0.1, 0.15) is 28.3 Å². The second-order valence-electron chi connectivity index (χ2n) is 7.50. The van der Waals surface area contributed by atoms with E-state index < -0.39 is 24.1 Å². The lowest BCUT2D eigenvalue weighted by molar-refractivity contribution is -0.143. The van der Waals surface area contributed by atoms with Crippen molar-refractivity contribution in [3.8, 4) is 11.1 Å². The summed E-state index contributed by atoms with van der Waals surface area (Å²) in [4.78, 5) is 26.7. The van der Waals surface area contributed by atoms with Crippen LogP contribution in [0.25, 0.3) is 11.1 Å². The van der Waals surface area contributed by atoms with E-state index in [1.165, 1.54) is 12.0 Å². The number of fused-ring (bicyclic) bond motifs is 3. The molecular formula is C25H23NO4. The first kappa shape index (κ1) is 19.7. The van der Waals surface area contributed by atoms with E-state index in [0.29, 0.717) is 0 Å². The minimum atomic E-state index is -1.08. The van der Waals surface area contributed by atoms with Gasteiger partial charge in [-0.1, -0.05) is 78.4 Å². The molecule has 30 heavy (non-hydrogen) atoms. The van der Waals surface area contributed by atoms with Crippen molar-refractivity contribution in [2.75, 3.05) is 7.11 Å². The summed E-state index contributed by atoms with van der Waals surface area (Å²) in [7, 11) is 1.28. The Hall–Kier alpha value is -3.60. The first-order valence-corrected chi connectivity index (χ1v) is 9.84. The third-order valence-electron chi connectivity index (χ3n) is 5.64. The van der Waals surface area contributed by atoms with Gasteiger partial charge in [-0.25, -0.2) is 9.59 Å². The molecule has 4 rings (SSSR count). The number of hydrogen-bond donors (Lipinski definition) is 1. The van der Waals surface area contributed by atoms with Crippen molar-refractivity contribution in [3.63, 3.8) is 0 Å². The Morgan fingerprint density at radius 1 is 0.933 bits per heavy atom. The van der Waals surface area contributed by atoms with Gasteiger partial charge in [0.2, 0.25) is 0 Å². The molecule has 5 heteroatoms. The molecule has 0 saturated heterocycles. The van der Waals surface area contributed by atoms with E-state index in [1.807, 2.05) is 79.7 Å². The summed E-state index contributed by atoms with van der Waals surface area (Å²) in [6, 6.07) is 21.7. The van der Waals surface area contributed by atoms with E-state index in [-0.39, 0.29) is 6.42 Å². The molecule has 0 spiro atoms. The molecule has 1 amide bonds. The fourth-order valence-electron chi connectivity index (χ4n) is 4.20. The van der Waals surface area contributed by atoms with E-state index in [2.05, 4.69) is 0 Å². The molecule has 1 aliphatic rings. The number of carboxylic acids is 1. The number of carboxylic acid groups (broad SMARTS) is 1. The number of carbonyl (C=O) groups excluding carboxylic acids is 1. The summed E-state index contributed by atoms with van der Waals surface area (Å²) in [5, 5.41) is 10.1. The number of carbonyl (C=O) groups is 2. The number of benzene rings is 3. The maximum atomic E-state index is 12.9. The largest absolute Gasteiger partial charge is 0.480 e. The molecule has 0 fully saturated rings. The molecule has 0 radical (unpaired) electrons. The third kappa shape index (κ3) is 3.43. The Morgan fingerprint density at radius 2 is 1.47 bits per heavy atom. The monoisotopic (exact) mass is 401 g/mol. The van der Waals surface area contributed by atoms with E-state index in [0.717, 1.165) is 33.4 Å². The molecular weight excluding hydrogens is 378 g/mol. The van der Waals surface area contributed by atoms with Crippen molar-refractivity contribution in [1.82, 2.24) is 4.90 Å².